The van der Waals surface area contributed by atoms with Crippen molar-refractivity contribution in [2.45, 2.75) is 57.1 Å². The van der Waals surface area contributed by atoms with Crippen molar-refractivity contribution in [3.8, 4) is 5.75 Å². The number of fused-ring (bicyclic) bond motifs is 2. The van der Waals surface area contributed by atoms with Crippen molar-refractivity contribution in [3.63, 3.8) is 0 Å². The maximum absolute atomic E-state index is 13.5. The van der Waals surface area contributed by atoms with Crippen LogP contribution < -0.4 is 10.1 Å². The Balaban J connectivity index is 1.35. The number of nitrogens with one attached hydrogen (secondary N) is 1. The van der Waals surface area contributed by atoms with Gasteiger partial charge in [-0.15, -0.1) is 13.2 Å². The molecule has 10 heteroatoms. The molecule has 2 atom stereocenters. The first-order valence-electron chi connectivity index (χ1n) is 11.9. The fourth-order valence-corrected chi connectivity index (χ4v) is 5.29. The van der Waals surface area contributed by atoms with Crippen LogP contribution in [-0.4, -0.2) is 46.6 Å². The molecule has 1 N–H and O–H groups in total. The molecule has 3 aliphatic rings. The van der Waals surface area contributed by atoms with E-state index >= 15 is 0 Å². The number of halogens is 3. The van der Waals surface area contributed by atoms with Gasteiger partial charge in [0, 0.05) is 12.6 Å². The average Bonchev–Trinajstić information content (AvgIpc) is 3.57. The largest absolute Gasteiger partial charge is 0.573 e. The van der Waals surface area contributed by atoms with Crippen LogP contribution >= 0.6 is 0 Å². The second-order valence-electron chi connectivity index (χ2n) is 9.68. The fourth-order valence-electron chi connectivity index (χ4n) is 5.29. The van der Waals surface area contributed by atoms with Gasteiger partial charge in [-0.25, -0.2) is 4.79 Å². The summed E-state index contributed by atoms with van der Waals surface area (Å²) in [6.07, 6.45) is -1.88. The quantitative estimate of drug-likeness (QED) is 0.580. The summed E-state index contributed by atoms with van der Waals surface area (Å²) in [7, 11) is 0. The molecule has 2 aliphatic carbocycles. The Kier molecular flexibility index (Phi) is 5.92. The van der Waals surface area contributed by atoms with Crippen LogP contribution in [0.25, 0.3) is 0 Å². The number of urea groups is 1. The van der Waals surface area contributed by atoms with Gasteiger partial charge in [-0.05, 0) is 67.3 Å². The molecule has 2 aromatic carbocycles. The minimum atomic E-state index is -4.83. The highest BCUT2D eigenvalue weighted by molar-refractivity contribution is 6.09. The van der Waals surface area contributed by atoms with E-state index < -0.39 is 36.3 Å². The molecule has 1 aliphatic heterocycles. The second-order valence-corrected chi connectivity index (χ2v) is 9.68. The number of nitrogens with zero attached hydrogens (tertiary/aromatic N) is 2. The lowest BCUT2D eigenvalue weighted by Crippen LogP contribution is -2.47. The molecule has 1 saturated heterocycles. The third kappa shape index (κ3) is 4.52. The van der Waals surface area contributed by atoms with Gasteiger partial charge in [0.25, 0.3) is 5.91 Å². The zero-order valence-electron chi connectivity index (χ0n) is 19.7. The van der Waals surface area contributed by atoms with Gasteiger partial charge in [-0.2, -0.15) is 0 Å². The van der Waals surface area contributed by atoms with Crippen LogP contribution in [0.3, 0.4) is 0 Å². The highest BCUT2D eigenvalue weighted by atomic mass is 19.4. The molecule has 0 radical (unpaired) electrons. The molecule has 7 nitrogen and oxygen atoms in total. The lowest BCUT2D eigenvalue weighted by molar-refractivity contribution is -0.274. The molecule has 0 aromatic heterocycles. The molecule has 190 valence electrons. The van der Waals surface area contributed by atoms with E-state index in [1.165, 1.54) is 18.2 Å². The summed E-state index contributed by atoms with van der Waals surface area (Å²) in [4.78, 5) is 42.3. The molecule has 1 saturated carbocycles. The van der Waals surface area contributed by atoms with Gasteiger partial charge in [-0.1, -0.05) is 36.4 Å². The first kappa shape index (κ1) is 24.1. The molecule has 1 heterocycles. The van der Waals surface area contributed by atoms with E-state index in [0.717, 1.165) is 28.9 Å². The van der Waals surface area contributed by atoms with Gasteiger partial charge in [-0.3, -0.25) is 14.5 Å². The summed E-state index contributed by atoms with van der Waals surface area (Å²) in [6, 6.07) is 12.1. The monoisotopic (exact) mass is 501 g/mol. The van der Waals surface area contributed by atoms with E-state index in [9.17, 15) is 27.6 Å². The first-order chi connectivity index (χ1) is 17.1. The van der Waals surface area contributed by atoms with E-state index in [0.29, 0.717) is 18.4 Å². The highest BCUT2D eigenvalue weighted by Gasteiger charge is 2.55. The Labute approximate surface area is 206 Å². The molecule has 36 heavy (non-hydrogen) atoms. The maximum Gasteiger partial charge on any atom is 0.573 e. The molecule has 2 unspecified atom stereocenters. The molecular formula is C26H26F3N3O4. The Hall–Kier alpha value is -3.56. The SMILES string of the molecule is CC(C1CC1)N(Cc1cccc(OC(F)(F)F)c1)C(=O)CN1C(=O)NC2(CCc3ccccc32)C1=O. The smallest absolute Gasteiger partial charge is 0.406 e. The number of benzene rings is 2. The van der Waals surface area contributed by atoms with Gasteiger partial charge >= 0.3 is 12.4 Å². The van der Waals surface area contributed by atoms with Gasteiger partial charge in [0.1, 0.15) is 17.8 Å². The summed E-state index contributed by atoms with van der Waals surface area (Å²) in [5.74, 6) is -1.00. The topological polar surface area (TPSA) is 79.0 Å². The van der Waals surface area contributed by atoms with E-state index in [1.54, 1.807) is 11.0 Å². The van der Waals surface area contributed by atoms with Crippen LogP contribution in [0.2, 0.25) is 0 Å². The van der Waals surface area contributed by atoms with E-state index in [4.69, 9.17) is 0 Å². The van der Waals surface area contributed by atoms with Crippen molar-refractivity contribution in [1.29, 1.82) is 0 Å². The predicted molar refractivity (Wildman–Crippen MR) is 123 cm³/mol. The minimum Gasteiger partial charge on any atom is -0.406 e. The summed E-state index contributed by atoms with van der Waals surface area (Å²) in [5.41, 5.74) is 1.03. The summed E-state index contributed by atoms with van der Waals surface area (Å²) in [5, 5.41) is 2.82. The predicted octanol–water partition coefficient (Wildman–Crippen LogP) is 4.11. The number of rotatable bonds is 7. The number of imide groups is 1. The molecule has 2 fully saturated rings. The number of hydrogen-bond acceptors (Lipinski definition) is 4. The van der Waals surface area contributed by atoms with Crippen molar-refractivity contribution in [3.05, 3.63) is 65.2 Å². The number of amides is 4. The van der Waals surface area contributed by atoms with Gasteiger partial charge in [0.2, 0.25) is 5.91 Å². The minimum absolute atomic E-state index is 0.0309. The van der Waals surface area contributed by atoms with Crippen LogP contribution in [0, 0.1) is 5.92 Å². The van der Waals surface area contributed by atoms with Crippen LogP contribution in [0.4, 0.5) is 18.0 Å². The Morgan fingerprint density at radius 1 is 1.19 bits per heavy atom. The van der Waals surface area contributed by atoms with Gasteiger partial charge < -0.3 is 15.0 Å². The van der Waals surface area contributed by atoms with Crippen molar-refractivity contribution in [1.82, 2.24) is 15.1 Å². The average molecular weight is 502 g/mol. The lowest BCUT2D eigenvalue weighted by Gasteiger charge is -2.31. The van der Waals surface area contributed by atoms with Crippen molar-refractivity contribution in [2.75, 3.05) is 6.54 Å². The summed E-state index contributed by atoms with van der Waals surface area (Å²) < 4.78 is 42.0. The Morgan fingerprint density at radius 3 is 2.67 bits per heavy atom. The summed E-state index contributed by atoms with van der Waals surface area (Å²) in [6.45, 7) is 1.47. The fraction of sp³-hybridized carbons (Fsp3) is 0.423. The van der Waals surface area contributed by atoms with Gasteiger partial charge in [0.15, 0.2) is 0 Å². The second kappa shape index (κ2) is 8.83. The number of aryl methyl sites for hydroxylation is 1. The molecule has 1 spiro atoms. The third-order valence-electron chi connectivity index (χ3n) is 7.32. The van der Waals surface area contributed by atoms with E-state index in [2.05, 4.69) is 10.1 Å². The molecule has 5 rings (SSSR count). The molecular weight excluding hydrogens is 475 g/mol. The van der Waals surface area contributed by atoms with Crippen molar-refractivity contribution < 1.29 is 32.3 Å². The standard InChI is InChI=1S/C26H26F3N3O4/c1-16(18-9-10-18)31(14-17-5-4-7-20(13-17)36-26(27,28)29)22(33)15-32-23(34)25(30-24(32)35)12-11-19-6-2-3-8-21(19)25/h2-8,13,16,18H,9-12,14-15H2,1H3,(H,30,35). The number of alkyl halides is 3. The van der Waals surface area contributed by atoms with Crippen molar-refractivity contribution >= 4 is 17.8 Å². The summed E-state index contributed by atoms with van der Waals surface area (Å²) >= 11 is 0. The maximum atomic E-state index is 13.5. The van der Waals surface area contributed by atoms with Crippen LogP contribution in [0.15, 0.2) is 48.5 Å². The molecule has 2 aromatic rings. The van der Waals surface area contributed by atoms with Crippen molar-refractivity contribution in [2.24, 2.45) is 5.92 Å². The van der Waals surface area contributed by atoms with E-state index in [1.807, 2.05) is 31.2 Å². The van der Waals surface area contributed by atoms with Crippen LogP contribution in [0.5, 0.6) is 5.75 Å². The lowest BCUT2D eigenvalue weighted by atomic mass is 9.92. The first-order valence-corrected chi connectivity index (χ1v) is 11.9. The number of carbonyl (C=O) groups is 3. The third-order valence-corrected chi connectivity index (χ3v) is 7.32. The number of ether oxygens (including phenoxy) is 1. The van der Waals surface area contributed by atoms with Crippen LogP contribution in [-0.2, 0) is 28.1 Å². The Bertz CT molecular complexity index is 1210. The molecule has 0 bridgehead atoms. The molecule has 4 amide bonds. The zero-order chi connectivity index (χ0) is 25.7. The normalized spacial score (nSPS) is 21.9. The zero-order valence-corrected chi connectivity index (χ0v) is 19.7. The Morgan fingerprint density at radius 2 is 1.94 bits per heavy atom. The number of hydrogen-bond donors (Lipinski definition) is 1. The van der Waals surface area contributed by atoms with Gasteiger partial charge in [0.05, 0.1) is 0 Å². The highest BCUT2D eigenvalue weighted by Crippen LogP contribution is 2.41. The number of carbonyl (C=O) groups excluding carboxylic acids is 3. The van der Waals surface area contributed by atoms with E-state index in [-0.39, 0.29) is 24.3 Å². The van der Waals surface area contributed by atoms with Crippen LogP contribution in [0.1, 0.15) is 42.9 Å².